The first-order chi connectivity index (χ1) is 10.1. The zero-order valence-electron chi connectivity index (χ0n) is 12.7. The molecule has 0 aliphatic carbocycles. The molecule has 0 aromatic heterocycles. The molecular weight excluding hydrogens is 270 g/mol. The van der Waals surface area contributed by atoms with Crippen molar-refractivity contribution in [1.82, 2.24) is 4.90 Å². The topological polar surface area (TPSA) is 67.6 Å². The van der Waals surface area contributed by atoms with Crippen molar-refractivity contribution < 1.29 is 9.66 Å². The molecule has 6 heteroatoms. The van der Waals surface area contributed by atoms with Crippen molar-refractivity contribution in [2.75, 3.05) is 31.6 Å². The maximum Gasteiger partial charge on any atom is 0.292 e. The molecule has 1 fully saturated rings. The molecule has 1 atom stereocenters. The monoisotopic (exact) mass is 293 g/mol. The molecule has 0 radical (unpaired) electrons. The summed E-state index contributed by atoms with van der Waals surface area (Å²) in [6, 6.07) is 5.62. The summed E-state index contributed by atoms with van der Waals surface area (Å²) < 4.78 is 5.44. The first-order valence-electron chi connectivity index (χ1n) is 7.45. The van der Waals surface area contributed by atoms with E-state index in [9.17, 15) is 10.1 Å². The maximum atomic E-state index is 11.2. The van der Waals surface area contributed by atoms with Gasteiger partial charge in [0.05, 0.1) is 18.1 Å². The lowest BCUT2D eigenvalue weighted by Gasteiger charge is -2.33. The predicted octanol–water partition coefficient (Wildman–Crippen LogP) is 2.64. The van der Waals surface area contributed by atoms with Gasteiger partial charge in [0.25, 0.3) is 5.69 Å². The van der Waals surface area contributed by atoms with E-state index in [-0.39, 0.29) is 10.6 Å². The second-order valence-electron chi connectivity index (χ2n) is 5.39. The maximum absolute atomic E-state index is 11.2. The summed E-state index contributed by atoms with van der Waals surface area (Å²) in [5.74, 6) is 0. The van der Waals surface area contributed by atoms with Gasteiger partial charge in [-0.2, -0.15) is 0 Å². The van der Waals surface area contributed by atoms with Crippen LogP contribution in [0.5, 0.6) is 0 Å². The minimum Gasteiger partial charge on any atom is -0.379 e. The Morgan fingerprint density at radius 3 is 3.00 bits per heavy atom. The Morgan fingerprint density at radius 2 is 2.33 bits per heavy atom. The lowest BCUT2D eigenvalue weighted by Crippen LogP contribution is -2.43. The van der Waals surface area contributed by atoms with Crippen molar-refractivity contribution in [3.63, 3.8) is 0 Å². The molecule has 2 rings (SSSR count). The third-order valence-corrected chi connectivity index (χ3v) is 3.76. The van der Waals surface area contributed by atoms with Crippen LogP contribution in [-0.2, 0) is 11.3 Å². The molecule has 0 spiro atoms. The lowest BCUT2D eigenvalue weighted by atomic mass is 10.1. The quantitative estimate of drug-likeness (QED) is 0.645. The fraction of sp³-hybridized carbons (Fsp3) is 0.600. The molecule has 1 N–H and O–H groups in total. The molecule has 6 nitrogen and oxygen atoms in total. The molecule has 1 saturated heterocycles. The lowest BCUT2D eigenvalue weighted by molar-refractivity contribution is -0.384. The van der Waals surface area contributed by atoms with Gasteiger partial charge in [0.2, 0.25) is 0 Å². The summed E-state index contributed by atoms with van der Waals surface area (Å²) in [5.41, 5.74) is 1.79. The van der Waals surface area contributed by atoms with Crippen LogP contribution in [0.25, 0.3) is 0 Å². The summed E-state index contributed by atoms with van der Waals surface area (Å²) in [5, 5.41) is 14.4. The molecule has 1 heterocycles. The number of rotatable bonds is 6. The van der Waals surface area contributed by atoms with E-state index >= 15 is 0 Å². The average molecular weight is 293 g/mol. The van der Waals surface area contributed by atoms with E-state index in [1.807, 2.05) is 13.0 Å². The first-order valence-corrected chi connectivity index (χ1v) is 7.45. The summed E-state index contributed by atoms with van der Waals surface area (Å²) >= 11 is 0. The van der Waals surface area contributed by atoms with Crippen LogP contribution < -0.4 is 5.32 Å². The van der Waals surface area contributed by atoms with Crippen molar-refractivity contribution in [1.29, 1.82) is 0 Å². The Morgan fingerprint density at radius 1 is 1.52 bits per heavy atom. The van der Waals surface area contributed by atoms with Gasteiger partial charge in [0, 0.05) is 31.7 Å². The number of ether oxygens (including phenoxy) is 1. The smallest absolute Gasteiger partial charge is 0.292 e. The Bertz CT molecular complexity index is 493. The fourth-order valence-corrected chi connectivity index (χ4v) is 2.54. The molecule has 0 amide bonds. The fourth-order valence-electron chi connectivity index (χ4n) is 2.54. The van der Waals surface area contributed by atoms with Crippen molar-refractivity contribution in [3.05, 3.63) is 33.9 Å². The van der Waals surface area contributed by atoms with E-state index in [0.717, 1.165) is 31.7 Å². The molecule has 0 saturated carbocycles. The zero-order valence-corrected chi connectivity index (χ0v) is 12.7. The van der Waals surface area contributed by atoms with Gasteiger partial charge in [0.15, 0.2) is 0 Å². The summed E-state index contributed by atoms with van der Waals surface area (Å²) in [7, 11) is 0. The van der Waals surface area contributed by atoms with Crippen molar-refractivity contribution in [2.24, 2.45) is 0 Å². The highest BCUT2D eigenvalue weighted by atomic mass is 16.6. The second kappa shape index (κ2) is 7.38. The molecule has 1 aliphatic rings. The van der Waals surface area contributed by atoms with Crippen LogP contribution in [0.3, 0.4) is 0 Å². The van der Waals surface area contributed by atoms with E-state index in [4.69, 9.17) is 4.74 Å². The van der Waals surface area contributed by atoms with Crippen molar-refractivity contribution >= 4 is 11.4 Å². The van der Waals surface area contributed by atoms with Gasteiger partial charge in [0.1, 0.15) is 5.69 Å². The van der Waals surface area contributed by atoms with E-state index in [0.29, 0.717) is 24.9 Å². The van der Waals surface area contributed by atoms with E-state index in [2.05, 4.69) is 17.1 Å². The van der Waals surface area contributed by atoms with Crippen LogP contribution in [0.15, 0.2) is 18.2 Å². The van der Waals surface area contributed by atoms with Gasteiger partial charge in [-0.1, -0.05) is 19.1 Å². The molecule has 116 valence electrons. The molecule has 1 aromatic carbocycles. The van der Waals surface area contributed by atoms with Crippen LogP contribution in [0.1, 0.15) is 25.8 Å². The molecule has 0 bridgehead atoms. The Hall–Kier alpha value is -1.66. The van der Waals surface area contributed by atoms with Gasteiger partial charge in [-0.05, 0) is 18.9 Å². The van der Waals surface area contributed by atoms with Crippen LogP contribution in [-0.4, -0.2) is 42.2 Å². The second-order valence-corrected chi connectivity index (χ2v) is 5.39. The van der Waals surface area contributed by atoms with Crippen LogP contribution in [0.4, 0.5) is 11.4 Å². The predicted molar refractivity (Wildman–Crippen MR) is 82.6 cm³/mol. The number of anilines is 1. The summed E-state index contributed by atoms with van der Waals surface area (Å²) in [4.78, 5) is 13.2. The van der Waals surface area contributed by atoms with Gasteiger partial charge in [-0.3, -0.25) is 15.0 Å². The van der Waals surface area contributed by atoms with Crippen molar-refractivity contribution in [2.45, 2.75) is 32.9 Å². The average Bonchev–Trinajstić information content (AvgIpc) is 2.48. The third-order valence-electron chi connectivity index (χ3n) is 3.76. The Labute approximate surface area is 125 Å². The normalized spacial score (nSPS) is 19.4. The minimum absolute atomic E-state index is 0.155. The molecule has 1 unspecified atom stereocenters. The largest absolute Gasteiger partial charge is 0.379 e. The van der Waals surface area contributed by atoms with Gasteiger partial charge < -0.3 is 10.1 Å². The number of hydrogen-bond donors (Lipinski definition) is 1. The first kappa shape index (κ1) is 15.7. The van der Waals surface area contributed by atoms with E-state index in [1.54, 1.807) is 12.1 Å². The summed E-state index contributed by atoms with van der Waals surface area (Å²) in [6.45, 7) is 7.90. The highest BCUT2D eigenvalue weighted by molar-refractivity contribution is 5.66. The third kappa shape index (κ3) is 3.92. The minimum atomic E-state index is -0.315. The number of para-hydroxylation sites is 1. The number of nitro groups is 1. The number of nitro benzene ring substituents is 1. The van der Waals surface area contributed by atoms with Crippen LogP contribution >= 0.6 is 0 Å². The SMILES string of the molecule is CCCNc1c(CN2CCOCC2C)cccc1[N+](=O)[O-]. The molecule has 21 heavy (non-hydrogen) atoms. The Kier molecular flexibility index (Phi) is 5.52. The molecule has 1 aromatic rings. The van der Waals surface area contributed by atoms with E-state index < -0.39 is 0 Å². The molecular formula is C15H23N3O3. The van der Waals surface area contributed by atoms with Crippen molar-refractivity contribution in [3.8, 4) is 0 Å². The Balaban J connectivity index is 2.24. The van der Waals surface area contributed by atoms with E-state index in [1.165, 1.54) is 0 Å². The number of hydrogen-bond acceptors (Lipinski definition) is 5. The van der Waals surface area contributed by atoms with Crippen LogP contribution in [0.2, 0.25) is 0 Å². The van der Waals surface area contributed by atoms with Gasteiger partial charge in [-0.15, -0.1) is 0 Å². The highest BCUT2D eigenvalue weighted by Crippen LogP contribution is 2.30. The van der Waals surface area contributed by atoms with Gasteiger partial charge >= 0.3 is 0 Å². The van der Waals surface area contributed by atoms with Crippen LogP contribution in [0, 0.1) is 10.1 Å². The number of morpholine rings is 1. The van der Waals surface area contributed by atoms with Gasteiger partial charge in [-0.25, -0.2) is 0 Å². The summed E-state index contributed by atoms with van der Waals surface area (Å²) in [6.07, 6.45) is 0.930. The molecule has 1 aliphatic heterocycles. The standard InChI is InChI=1S/C15H23N3O3/c1-3-7-16-15-13(5-4-6-14(15)18(19)20)10-17-8-9-21-11-12(17)2/h4-6,12,16H,3,7-11H2,1-2H3. The number of nitrogens with one attached hydrogen (secondary N) is 1. The zero-order chi connectivity index (χ0) is 15.2. The number of nitrogens with zero attached hydrogens (tertiary/aromatic N) is 2. The highest BCUT2D eigenvalue weighted by Gasteiger charge is 2.23. The number of benzene rings is 1.